The normalized spacial score (nSPS) is 12.1. The van der Waals surface area contributed by atoms with Crippen LogP contribution in [0, 0.1) is 0 Å². The lowest BCUT2D eigenvalue weighted by atomic mass is 10.4. The van der Waals surface area contributed by atoms with Gasteiger partial charge in [-0.2, -0.15) is 5.10 Å². The summed E-state index contributed by atoms with van der Waals surface area (Å²) in [4.78, 5) is 0.230. The summed E-state index contributed by atoms with van der Waals surface area (Å²) in [6.45, 7) is 0. The summed E-state index contributed by atoms with van der Waals surface area (Å²) in [6.07, 6.45) is 4.09. The van der Waals surface area contributed by atoms with Crippen LogP contribution in [-0.2, 0) is 9.84 Å². The highest BCUT2D eigenvalue weighted by atomic mass is 32.2. The number of hydrogen-bond acceptors (Lipinski definition) is 4. The zero-order valence-corrected chi connectivity index (χ0v) is 8.32. The van der Waals surface area contributed by atoms with Crippen LogP contribution < -0.4 is 5.73 Å². The van der Waals surface area contributed by atoms with Crippen LogP contribution in [0.1, 0.15) is 0 Å². The van der Waals surface area contributed by atoms with Crippen molar-refractivity contribution in [3.8, 4) is 0 Å². The highest BCUT2D eigenvalue weighted by Gasteiger charge is 2.08. The Balaban J connectivity index is 2.76. The number of rotatable bonds is 1. The largest absolute Gasteiger partial charge is 0.396 e. The topological polar surface area (TPSA) is 77.5 Å². The first-order valence-corrected chi connectivity index (χ1v) is 5.80. The average Bonchev–Trinajstić information content (AvgIpc) is 2.46. The number of nitrogens with zero attached hydrogens (tertiary/aromatic N) is 2. The maximum Gasteiger partial charge on any atom is 0.177 e. The molecule has 5 nitrogen and oxygen atoms in total. The summed E-state index contributed by atoms with van der Waals surface area (Å²) in [5, 5.41) is 3.92. The predicted molar refractivity (Wildman–Crippen MR) is 52.7 cm³/mol. The number of hydrogen-bond donors (Lipinski definition) is 1. The standard InChI is InChI=1S/C8H9N3O2S/c1-14(12,13)6-2-3-8-7(9)4-10-11(8)5-6/h2-5H,9H2,1H3. The molecule has 0 saturated heterocycles. The van der Waals surface area contributed by atoms with Gasteiger partial charge in [-0.25, -0.2) is 12.9 Å². The van der Waals surface area contributed by atoms with Crippen LogP contribution in [0.25, 0.3) is 5.52 Å². The van der Waals surface area contributed by atoms with Gasteiger partial charge in [0.2, 0.25) is 0 Å². The van der Waals surface area contributed by atoms with Crippen LogP contribution in [0.3, 0.4) is 0 Å². The molecule has 0 atom stereocenters. The van der Waals surface area contributed by atoms with Crippen molar-refractivity contribution >= 4 is 21.0 Å². The van der Waals surface area contributed by atoms with Gasteiger partial charge in [-0.15, -0.1) is 0 Å². The highest BCUT2D eigenvalue weighted by molar-refractivity contribution is 7.90. The number of nitrogens with two attached hydrogens (primary N) is 1. The van der Waals surface area contributed by atoms with Crippen molar-refractivity contribution in [2.24, 2.45) is 0 Å². The lowest BCUT2D eigenvalue weighted by Crippen LogP contribution is -1.99. The Morgan fingerprint density at radius 3 is 2.79 bits per heavy atom. The molecule has 2 aromatic rings. The van der Waals surface area contributed by atoms with Crippen molar-refractivity contribution in [2.75, 3.05) is 12.0 Å². The van der Waals surface area contributed by atoms with E-state index in [0.29, 0.717) is 11.2 Å². The molecule has 6 heteroatoms. The summed E-state index contributed by atoms with van der Waals surface area (Å²) in [6, 6.07) is 3.15. The van der Waals surface area contributed by atoms with Gasteiger partial charge >= 0.3 is 0 Å². The highest BCUT2D eigenvalue weighted by Crippen LogP contribution is 2.15. The average molecular weight is 211 g/mol. The molecule has 2 rings (SSSR count). The summed E-state index contributed by atoms with van der Waals surface area (Å²) in [5.74, 6) is 0. The van der Waals surface area contributed by atoms with Crippen LogP contribution in [0.15, 0.2) is 29.4 Å². The van der Waals surface area contributed by atoms with Gasteiger partial charge in [0.1, 0.15) is 0 Å². The van der Waals surface area contributed by atoms with Crippen molar-refractivity contribution in [3.05, 3.63) is 24.5 Å². The van der Waals surface area contributed by atoms with Gasteiger partial charge in [-0.3, -0.25) is 0 Å². The molecule has 0 amide bonds. The molecule has 0 aliphatic heterocycles. The van der Waals surface area contributed by atoms with Gasteiger partial charge in [0.05, 0.1) is 22.3 Å². The van der Waals surface area contributed by atoms with E-state index in [4.69, 9.17) is 5.73 Å². The second-order valence-corrected chi connectivity index (χ2v) is 5.08. The first kappa shape index (κ1) is 9.01. The molecular weight excluding hydrogens is 202 g/mol. The maximum atomic E-state index is 11.2. The molecule has 0 spiro atoms. The Kier molecular flexibility index (Phi) is 1.75. The molecule has 14 heavy (non-hydrogen) atoms. The van der Waals surface area contributed by atoms with E-state index in [9.17, 15) is 8.42 Å². The summed E-state index contributed by atoms with van der Waals surface area (Å²) >= 11 is 0. The smallest absolute Gasteiger partial charge is 0.177 e. The number of pyridine rings is 1. The Bertz CT molecular complexity index is 586. The third-order valence-electron chi connectivity index (χ3n) is 1.95. The molecule has 2 aromatic heterocycles. The van der Waals surface area contributed by atoms with E-state index in [1.807, 2.05) is 0 Å². The molecule has 0 aliphatic rings. The lowest BCUT2D eigenvalue weighted by molar-refractivity contribution is 0.601. The van der Waals surface area contributed by atoms with Gasteiger partial charge in [-0.1, -0.05) is 0 Å². The van der Waals surface area contributed by atoms with E-state index in [1.165, 1.54) is 23.0 Å². The number of anilines is 1. The van der Waals surface area contributed by atoms with Crippen molar-refractivity contribution < 1.29 is 8.42 Å². The Labute approximate surface area is 81.1 Å². The minimum atomic E-state index is -3.19. The van der Waals surface area contributed by atoms with Crippen molar-refractivity contribution in [3.63, 3.8) is 0 Å². The molecular formula is C8H9N3O2S. The van der Waals surface area contributed by atoms with Crippen LogP contribution in [0.2, 0.25) is 0 Å². The fourth-order valence-electron chi connectivity index (χ4n) is 1.20. The Morgan fingerprint density at radius 2 is 2.14 bits per heavy atom. The lowest BCUT2D eigenvalue weighted by Gasteiger charge is -1.99. The third kappa shape index (κ3) is 1.33. The molecule has 0 aliphatic carbocycles. The van der Waals surface area contributed by atoms with E-state index in [2.05, 4.69) is 5.10 Å². The molecule has 0 aromatic carbocycles. The van der Waals surface area contributed by atoms with Gasteiger partial charge in [0.15, 0.2) is 9.84 Å². The zero-order chi connectivity index (χ0) is 10.3. The fraction of sp³-hybridized carbons (Fsp3) is 0.125. The van der Waals surface area contributed by atoms with Crippen molar-refractivity contribution in [1.29, 1.82) is 0 Å². The molecule has 2 N–H and O–H groups in total. The molecule has 2 heterocycles. The third-order valence-corrected chi connectivity index (χ3v) is 3.04. The number of fused-ring (bicyclic) bond motifs is 1. The molecule has 0 unspecified atom stereocenters. The van der Waals surface area contributed by atoms with Crippen LogP contribution in [0.4, 0.5) is 5.69 Å². The first-order valence-electron chi connectivity index (χ1n) is 3.91. The number of nitrogen functional groups attached to an aromatic ring is 1. The molecule has 74 valence electrons. The zero-order valence-electron chi connectivity index (χ0n) is 7.51. The molecule has 0 radical (unpaired) electrons. The van der Waals surface area contributed by atoms with Crippen molar-refractivity contribution in [1.82, 2.24) is 9.61 Å². The van der Waals surface area contributed by atoms with E-state index < -0.39 is 9.84 Å². The second kappa shape index (κ2) is 2.71. The van der Waals surface area contributed by atoms with Crippen LogP contribution >= 0.6 is 0 Å². The second-order valence-electron chi connectivity index (χ2n) is 3.07. The first-order chi connectivity index (χ1) is 6.48. The summed E-state index contributed by atoms with van der Waals surface area (Å²) in [5.41, 5.74) is 6.84. The van der Waals surface area contributed by atoms with E-state index >= 15 is 0 Å². The fourth-order valence-corrected chi connectivity index (χ4v) is 1.81. The van der Waals surface area contributed by atoms with Crippen molar-refractivity contribution in [2.45, 2.75) is 4.90 Å². The SMILES string of the molecule is CS(=O)(=O)c1ccc2c(N)cnn2c1. The Morgan fingerprint density at radius 1 is 1.43 bits per heavy atom. The molecule has 0 saturated carbocycles. The Hall–Kier alpha value is -1.56. The van der Waals surface area contributed by atoms with Gasteiger partial charge in [0, 0.05) is 12.5 Å². The number of sulfone groups is 1. The van der Waals surface area contributed by atoms with E-state index in [0.717, 1.165) is 6.26 Å². The minimum Gasteiger partial charge on any atom is -0.396 e. The van der Waals surface area contributed by atoms with Gasteiger partial charge in [0.25, 0.3) is 0 Å². The molecule has 0 fully saturated rings. The van der Waals surface area contributed by atoms with Crippen LogP contribution in [-0.4, -0.2) is 24.3 Å². The summed E-state index contributed by atoms with van der Waals surface area (Å²) in [7, 11) is -3.19. The van der Waals surface area contributed by atoms with E-state index in [1.54, 1.807) is 6.07 Å². The van der Waals surface area contributed by atoms with Crippen LogP contribution in [0.5, 0.6) is 0 Å². The number of aromatic nitrogens is 2. The maximum absolute atomic E-state index is 11.2. The monoisotopic (exact) mass is 211 g/mol. The molecule has 0 bridgehead atoms. The van der Waals surface area contributed by atoms with E-state index in [-0.39, 0.29) is 4.90 Å². The summed E-state index contributed by atoms with van der Waals surface area (Å²) < 4.78 is 23.9. The quantitative estimate of drug-likeness (QED) is 0.736. The predicted octanol–water partition coefficient (Wildman–Crippen LogP) is 0.320. The minimum absolute atomic E-state index is 0.230. The van der Waals surface area contributed by atoms with Gasteiger partial charge < -0.3 is 5.73 Å². The van der Waals surface area contributed by atoms with Gasteiger partial charge in [-0.05, 0) is 12.1 Å².